The minimum absolute atomic E-state index is 0.0856. The van der Waals surface area contributed by atoms with Gasteiger partial charge in [0.15, 0.2) is 6.10 Å². The van der Waals surface area contributed by atoms with Gasteiger partial charge in [-0.15, -0.1) is 0 Å². The Labute approximate surface area is 470 Å². The van der Waals surface area contributed by atoms with E-state index < -0.39 is 6.10 Å². The molecule has 76 heavy (non-hydrogen) atoms. The second kappa shape index (κ2) is 63.9. The second-order valence-electron chi connectivity index (χ2n) is 21.3. The molecule has 6 nitrogen and oxygen atoms in total. The van der Waals surface area contributed by atoms with Crippen molar-refractivity contribution in [3.8, 4) is 0 Å². The number of hydrogen-bond acceptors (Lipinski definition) is 6. The molecule has 0 bridgehead atoms. The standard InChI is InChI=1S/C70H120O6/c1-4-7-10-13-16-19-22-25-28-31-33-34-35-36-37-40-42-45-48-51-54-57-60-63-69(72)75-66-67(65-74-68(71)62-59-56-53-50-47-44-41-38-30-27-24-21-18-15-12-9-6-3)76-70(73)64-61-58-55-52-49-46-43-39-32-29-26-23-20-17-14-11-8-5-2/h7,9-10,12,16,18-19,21,25,27-28,30,33-34,41,44,67H,4-6,8,11,13-15,17,20,22-24,26,29,31-32,35-40,42-43,45-66H2,1-3H3/b10-7-,12-9-,19-16-,21-18-,28-25-,30-27-,34-33-,44-41-. The number of unbranched alkanes of at least 4 members (excludes halogenated alkanes) is 31. The molecule has 0 spiro atoms. The van der Waals surface area contributed by atoms with Crippen LogP contribution in [-0.4, -0.2) is 37.2 Å². The summed E-state index contributed by atoms with van der Waals surface area (Å²) < 4.78 is 16.9. The molecule has 436 valence electrons. The topological polar surface area (TPSA) is 78.9 Å². The minimum atomic E-state index is -0.790. The molecule has 0 saturated heterocycles. The molecule has 0 aromatic heterocycles. The number of rotatable bonds is 58. The van der Waals surface area contributed by atoms with E-state index >= 15 is 0 Å². The first kappa shape index (κ1) is 72.3. The predicted molar refractivity (Wildman–Crippen MR) is 330 cm³/mol. The lowest BCUT2D eigenvalue weighted by atomic mass is 10.0. The Hall–Kier alpha value is -3.67. The van der Waals surface area contributed by atoms with Crippen molar-refractivity contribution in [1.82, 2.24) is 0 Å². The van der Waals surface area contributed by atoms with Crippen molar-refractivity contribution in [2.75, 3.05) is 13.2 Å². The molecule has 0 aliphatic carbocycles. The molecule has 0 saturated carbocycles. The first-order valence-electron chi connectivity index (χ1n) is 32.2. The van der Waals surface area contributed by atoms with Gasteiger partial charge in [0, 0.05) is 19.3 Å². The van der Waals surface area contributed by atoms with Gasteiger partial charge in [-0.25, -0.2) is 0 Å². The number of ether oxygens (including phenoxy) is 3. The van der Waals surface area contributed by atoms with Gasteiger partial charge in [-0.1, -0.05) is 291 Å². The molecule has 1 atom stereocenters. The van der Waals surface area contributed by atoms with Crippen LogP contribution in [0.2, 0.25) is 0 Å². The summed E-state index contributed by atoms with van der Waals surface area (Å²) in [6.07, 6.45) is 85.5. The van der Waals surface area contributed by atoms with E-state index in [2.05, 4.69) is 118 Å². The van der Waals surface area contributed by atoms with E-state index in [4.69, 9.17) is 14.2 Å². The number of allylic oxidation sites excluding steroid dienone is 16. The van der Waals surface area contributed by atoms with Gasteiger partial charge in [0.2, 0.25) is 0 Å². The molecule has 0 amide bonds. The van der Waals surface area contributed by atoms with Crippen molar-refractivity contribution >= 4 is 17.9 Å². The third-order valence-corrected chi connectivity index (χ3v) is 13.8. The molecule has 0 aliphatic rings. The van der Waals surface area contributed by atoms with Crippen molar-refractivity contribution < 1.29 is 28.6 Å². The fourth-order valence-electron chi connectivity index (χ4n) is 9.07. The molecule has 0 aromatic carbocycles. The van der Waals surface area contributed by atoms with E-state index in [-0.39, 0.29) is 31.1 Å². The van der Waals surface area contributed by atoms with Crippen LogP contribution in [0.1, 0.15) is 310 Å². The SMILES string of the molecule is CC/C=C\C/C=C\C/C=C\C/C=C\CCCCCCCCCCCCC(=O)OCC(COC(=O)CCCCCC/C=C\C/C=C\C/C=C\C/C=C\CC)OC(=O)CCCCCCCCCCCCCCCCCCCC. The fraction of sp³-hybridized carbons (Fsp3) is 0.729. The number of carbonyl (C=O) groups is 3. The number of carbonyl (C=O) groups excluding carboxylic acids is 3. The van der Waals surface area contributed by atoms with E-state index in [1.807, 2.05) is 0 Å². The normalized spacial score (nSPS) is 12.7. The maximum atomic E-state index is 12.9. The number of hydrogen-bond donors (Lipinski definition) is 0. The van der Waals surface area contributed by atoms with Crippen LogP contribution in [0.5, 0.6) is 0 Å². The van der Waals surface area contributed by atoms with Gasteiger partial charge >= 0.3 is 17.9 Å². The Bertz CT molecular complexity index is 1490. The summed E-state index contributed by atoms with van der Waals surface area (Å²) >= 11 is 0. The van der Waals surface area contributed by atoms with Crippen LogP contribution in [0.25, 0.3) is 0 Å². The molecular weight excluding hydrogens is 937 g/mol. The van der Waals surface area contributed by atoms with Crippen molar-refractivity contribution in [1.29, 1.82) is 0 Å². The lowest BCUT2D eigenvalue weighted by Gasteiger charge is -2.18. The molecule has 1 unspecified atom stereocenters. The highest BCUT2D eigenvalue weighted by Crippen LogP contribution is 2.17. The highest BCUT2D eigenvalue weighted by molar-refractivity contribution is 5.71. The first-order valence-corrected chi connectivity index (χ1v) is 32.2. The van der Waals surface area contributed by atoms with Gasteiger partial charge < -0.3 is 14.2 Å². The molecule has 0 N–H and O–H groups in total. The van der Waals surface area contributed by atoms with Crippen molar-refractivity contribution in [3.05, 3.63) is 97.2 Å². The minimum Gasteiger partial charge on any atom is -0.462 e. The number of esters is 3. The Morgan fingerprint density at radius 2 is 0.513 bits per heavy atom. The van der Waals surface area contributed by atoms with Crippen LogP contribution in [-0.2, 0) is 28.6 Å². The van der Waals surface area contributed by atoms with Crippen LogP contribution in [0.3, 0.4) is 0 Å². The van der Waals surface area contributed by atoms with Crippen molar-refractivity contribution in [2.45, 2.75) is 316 Å². The molecular formula is C70H120O6. The Kier molecular flexibility index (Phi) is 60.8. The summed E-state index contributed by atoms with van der Waals surface area (Å²) in [5, 5.41) is 0. The van der Waals surface area contributed by atoms with Crippen molar-refractivity contribution in [2.24, 2.45) is 0 Å². The Balaban J connectivity index is 4.39. The summed E-state index contributed by atoms with van der Waals surface area (Å²) in [5.41, 5.74) is 0. The third kappa shape index (κ3) is 61.2. The van der Waals surface area contributed by atoms with Crippen LogP contribution in [0, 0.1) is 0 Å². The molecule has 6 heteroatoms. The zero-order valence-electron chi connectivity index (χ0n) is 50.0. The second-order valence-corrected chi connectivity index (χ2v) is 21.3. The van der Waals surface area contributed by atoms with E-state index in [0.717, 1.165) is 122 Å². The zero-order chi connectivity index (χ0) is 55.0. The highest BCUT2D eigenvalue weighted by atomic mass is 16.6. The van der Waals surface area contributed by atoms with Crippen LogP contribution in [0.4, 0.5) is 0 Å². The van der Waals surface area contributed by atoms with Gasteiger partial charge in [-0.3, -0.25) is 14.4 Å². The molecule has 0 radical (unpaired) electrons. The summed E-state index contributed by atoms with van der Waals surface area (Å²) in [6, 6.07) is 0. The molecule has 0 rings (SSSR count). The average molecular weight is 1060 g/mol. The van der Waals surface area contributed by atoms with Gasteiger partial charge in [-0.2, -0.15) is 0 Å². The zero-order valence-corrected chi connectivity index (χ0v) is 50.0. The maximum absolute atomic E-state index is 12.9. The summed E-state index contributed by atoms with van der Waals surface area (Å²) in [6.45, 7) is 6.43. The van der Waals surface area contributed by atoms with Gasteiger partial charge in [0.25, 0.3) is 0 Å². The van der Waals surface area contributed by atoms with E-state index in [1.54, 1.807) is 0 Å². The molecule has 0 aromatic rings. The molecule has 0 aliphatic heterocycles. The lowest BCUT2D eigenvalue weighted by Crippen LogP contribution is -2.30. The maximum Gasteiger partial charge on any atom is 0.306 e. The smallest absolute Gasteiger partial charge is 0.306 e. The fourth-order valence-corrected chi connectivity index (χ4v) is 9.07. The lowest BCUT2D eigenvalue weighted by molar-refractivity contribution is -0.167. The molecule has 0 fully saturated rings. The molecule has 0 heterocycles. The Morgan fingerprint density at radius 1 is 0.276 bits per heavy atom. The first-order chi connectivity index (χ1) is 37.5. The van der Waals surface area contributed by atoms with Gasteiger partial charge in [0.05, 0.1) is 0 Å². The van der Waals surface area contributed by atoms with Crippen LogP contribution >= 0.6 is 0 Å². The monoisotopic (exact) mass is 1060 g/mol. The average Bonchev–Trinajstić information content (AvgIpc) is 3.42. The quantitative estimate of drug-likeness (QED) is 0.0261. The van der Waals surface area contributed by atoms with E-state index in [0.29, 0.717) is 19.3 Å². The van der Waals surface area contributed by atoms with Crippen molar-refractivity contribution in [3.63, 3.8) is 0 Å². The van der Waals surface area contributed by atoms with E-state index in [1.165, 1.54) is 148 Å². The summed E-state index contributed by atoms with van der Waals surface area (Å²) in [4.78, 5) is 38.4. The van der Waals surface area contributed by atoms with E-state index in [9.17, 15) is 14.4 Å². The highest BCUT2D eigenvalue weighted by Gasteiger charge is 2.19. The summed E-state index contributed by atoms with van der Waals surface area (Å²) in [7, 11) is 0. The van der Waals surface area contributed by atoms with Crippen LogP contribution in [0.15, 0.2) is 97.2 Å². The largest absolute Gasteiger partial charge is 0.462 e. The third-order valence-electron chi connectivity index (χ3n) is 13.8. The summed E-state index contributed by atoms with van der Waals surface area (Å²) in [5.74, 6) is -0.900. The van der Waals surface area contributed by atoms with Gasteiger partial charge in [-0.05, 0) is 96.3 Å². The van der Waals surface area contributed by atoms with Gasteiger partial charge in [0.1, 0.15) is 13.2 Å². The van der Waals surface area contributed by atoms with Crippen LogP contribution < -0.4 is 0 Å². The predicted octanol–water partition coefficient (Wildman–Crippen LogP) is 22.0. The Morgan fingerprint density at radius 3 is 0.803 bits per heavy atom.